The lowest BCUT2D eigenvalue weighted by atomic mass is 10.3. The zero-order valence-electron chi connectivity index (χ0n) is 9.53. The molecule has 5 N–H and O–H groups in total. The molecule has 0 aliphatic heterocycles. The van der Waals surface area contributed by atoms with Crippen molar-refractivity contribution >= 4 is 5.91 Å². The second-order valence-electron chi connectivity index (χ2n) is 3.51. The van der Waals surface area contributed by atoms with Crippen LogP contribution in [0.4, 0.5) is 0 Å². The minimum Gasteiger partial charge on any atom is -0.383 e. The Morgan fingerprint density at radius 1 is 1.53 bits per heavy atom. The van der Waals surface area contributed by atoms with E-state index in [0.29, 0.717) is 6.54 Å². The van der Waals surface area contributed by atoms with Crippen LogP contribution in [0.5, 0.6) is 0 Å². The van der Waals surface area contributed by atoms with Gasteiger partial charge in [-0.05, 0) is 7.05 Å². The van der Waals surface area contributed by atoms with Crippen LogP contribution in [0.15, 0.2) is 0 Å². The Bertz CT molecular complexity index is 177. The standard InChI is InChI=1S/C9H22N4O2/c1-13(5-6-15-2)4-3-12-7-8(10)9(11)14/h8,12H,3-7,10H2,1-2H3,(H2,11,14). The normalized spacial score (nSPS) is 13.1. The zero-order valence-corrected chi connectivity index (χ0v) is 9.53. The monoisotopic (exact) mass is 218 g/mol. The Kier molecular flexibility index (Phi) is 8.21. The van der Waals surface area contributed by atoms with Crippen LogP contribution in [0, 0.1) is 0 Å². The molecule has 15 heavy (non-hydrogen) atoms. The number of amides is 1. The van der Waals surface area contributed by atoms with E-state index in [-0.39, 0.29) is 0 Å². The second kappa shape index (κ2) is 8.60. The van der Waals surface area contributed by atoms with E-state index in [0.717, 1.165) is 26.2 Å². The molecule has 0 radical (unpaired) electrons. The molecule has 90 valence electrons. The first-order chi connectivity index (χ1) is 7.07. The van der Waals surface area contributed by atoms with Gasteiger partial charge >= 0.3 is 0 Å². The quantitative estimate of drug-likeness (QED) is 0.388. The number of nitrogens with two attached hydrogens (primary N) is 2. The minimum absolute atomic E-state index is 0.424. The van der Waals surface area contributed by atoms with Gasteiger partial charge in [-0.2, -0.15) is 0 Å². The van der Waals surface area contributed by atoms with Crippen molar-refractivity contribution in [2.45, 2.75) is 6.04 Å². The predicted octanol–water partition coefficient (Wildman–Crippen LogP) is -2.03. The number of hydrogen-bond donors (Lipinski definition) is 3. The molecule has 6 heteroatoms. The number of primary amides is 1. The highest BCUT2D eigenvalue weighted by atomic mass is 16.5. The van der Waals surface area contributed by atoms with Crippen molar-refractivity contribution < 1.29 is 9.53 Å². The number of carbonyl (C=O) groups is 1. The average molecular weight is 218 g/mol. The van der Waals surface area contributed by atoms with E-state index in [4.69, 9.17) is 16.2 Å². The van der Waals surface area contributed by atoms with Crippen LogP contribution in [0.25, 0.3) is 0 Å². The van der Waals surface area contributed by atoms with Crippen LogP contribution in [-0.4, -0.2) is 63.8 Å². The summed E-state index contributed by atoms with van der Waals surface area (Å²) in [6.45, 7) is 3.70. The second-order valence-corrected chi connectivity index (χ2v) is 3.51. The molecular formula is C9H22N4O2. The molecule has 0 aromatic heterocycles. The lowest BCUT2D eigenvalue weighted by Gasteiger charge is -2.16. The molecule has 0 fully saturated rings. The number of carbonyl (C=O) groups excluding carboxylic acids is 1. The lowest BCUT2D eigenvalue weighted by Crippen LogP contribution is -2.45. The van der Waals surface area contributed by atoms with E-state index in [1.54, 1.807) is 7.11 Å². The molecule has 0 saturated heterocycles. The fraction of sp³-hybridized carbons (Fsp3) is 0.889. The molecule has 1 amide bonds. The lowest BCUT2D eigenvalue weighted by molar-refractivity contribution is -0.119. The third-order valence-electron chi connectivity index (χ3n) is 2.08. The molecule has 0 aliphatic rings. The van der Waals surface area contributed by atoms with E-state index in [2.05, 4.69) is 10.2 Å². The molecule has 0 aliphatic carbocycles. The molecule has 0 rings (SSSR count). The Balaban J connectivity index is 3.33. The molecule has 0 aromatic rings. The number of likely N-dealkylation sites (N-methyl/N-ethyl adjacent to an activating group) is 1. The fourth-order valence-corrected chi connectivity index (χ4v) is 0.987. The van der Waals surface area contributed by atoms with Gasteiger partial charge in [0.25, 0.3) is 0 Å². The van der Waals surface area contributed by atoms with Gasteiger partial charge in [0.2, 0.25) is 5.91 Å². The zero-order chi connectivity index (χ0) is 11.7. The van der Waals surface area contributed by atoms with Crippen molar-refractivity contribution in [1.29, 1.82) is 0 Å². The summed E-state index contributed by atoms with van der Waals surface area (Å²) in [7, 11) is 3.69. The van der Waals surface area contributed by atoms with Crippen LogP contribution in [0.3, 0.4) is 0 Å². The van der Waals surface area contributed by atoms with E-state index in [1.165, 1.54) is 0 Å². The topological polar surface area (TPSA) is 93.6 Å². The largest absolute Gasteiger partial charge is 0.383 e. The molecule has 0 heterocycles. The number of nitrogens with zero attached hydrogens (tertiary/aromatic N) is 1. The maximum atomic E-state index is 10.6. The van der Waals surface area contributed by atoms with E-state index in [9.17, 15) is 4.79 Å². The maximum Gasteiger partial charge on any atom is 0.235 e. The first kappa shape index (κ1) is 14.3. The Hall–Kier alpha value is -0.690. The minimum atomic E-state index is -0.603. The van der Waals surface area contributed by atoms with E-state index in [1.807, 2.05) is 7.05 Å². The van der Waals surface area contributed by atoms with Gasteiger partial charge in [0.05, 0.1) is 12.6 Å². The molecule has 6 nitrogen and oxygen atoms in total. The number of ether oxygens (including phenoxy) is 1. The van der Waals surface area contributed by atoms with Gasteiger partial charge in [-0.3, -0.25) is 4.79 Å². The highest BCUT2D eigenvalue weighted by Gasteiger charge is 2.07. The maximum absolute atomic E-state index is 10.6. The van der Waals surface area contributed by atoms with Crippen LogP contribution >= 0.6 is 0 Å². The van der Waals surface area contributed by atoms with Crippen LogP contribution < -0.4 is 16.8 Å². The summed E-state index contributed by atoms with van der Waals surface area (Å²) in [5.74, 6) is -0.477. The van der Waals surface area contributed by atoms with E-state index < -0.39 is 11.9 Å². The summed E-state index contributed by atoms with van der Waals surface area (Å²) >= 11 is 0. The predicted molar refractivity (Wildman–Crippen MR) is 59.4 cm³/mol. The van der Waals surface area contributed by atoms with Gasteiger partial charge in [0.1, 0.15) is 0 Å². The fourth-order valence-electron chi connectivity index (χ4n) is 0.987. The molecule has 1 unspecified atom stereocenters. The van der Waals surface area contributed by atoms with Crippen molar-refractivity contribution in [3.63, 3.8) is 0 Å². The summed E-state index contributed by atoms with van der Waals surface area (Å²) < 4.78 is 4.95. The molecular weight excluding hydrogens is 196 g/mol. The van der Waals surface area contributed by atoms with Crippen molar-refractivity contribution in [2.24, 2.45) is 11.5 Å². The Labute approximate surface area is 90.9 Å². The highest BCUT2D eigenvalue weighted by molar-refractivity contribution is 5.79. The number of nitrogens with one attached hydrogen (secondary N) is 1. The van der Waals surface area contributed by atoms with Gasteiger partial charge in [-0.25, -0.2) is 0 Å². The van der Waals surface area contributed by atoms with Crippen molar-refractivity contribution in [1.82, 2.24) is 10.2 Å². The molecule has 0 bridgehead atoms. The number of methoxy groups -OCH3 is 1. The van der Waals surface area contributed by atoms with Crippen molar-refractivity contribution in [3.05, 3.63) is 0 Å². The van der Waals surface area contributed by atoms with Crippen molar-refractivity contribution in [3.8, 4) is 0 Å². The van der Waals surface area contributed by atoms with Crippen LogP contribution in [0.1, 0.15) is 0 Å². The van der Waals surface area contributed by atoms with Crippen LogP contribution in [-0.2, 0) is 9.53 Å². The van der Waals surface area contributed by atoms with Gasteiger partial charge in [-0.1, -0.05) is 0 Å². The third kappa shape index (κ3) is 8.31. The van der Waals surface area contributed by atoms with Gasteiger partial charge in [0.15, 0.2) is 0 Å². The van der Waals surface area contributed by atoms with E-state index >= 15 is 0 Å². The Morgan fingerprint density at radius 2 is 2.20 bits per heavy atom. The summed E-state index contributed by atoms with van der Waals surface area (Å²) in [5.41, 5.74) is 10.5. The van der Waals surface area contributed by atoms with Gasteiger partial charge < -0.3 is 26.4 Å². The number of hydrogen-bond acceptors (Lipinski definition) is 5. The van der Waals surface area contributed by atoms with Gasteiger partial charge in [0, 0.05) is 33.3 Å². The summed E-state index contributed by atoms with van der Waals surface area (Å²) in [5, 5.41) is 3.07. The molecule has 0 spiro atoms. The number of rotatable bonds is 9. The summed E-state index contributed by atoms with van der Waals surface area (Å²) in [4.78, 5) is 12.7. The summed E-state index contributed by atoms with van der Waals surface area (Å²) in [6, 6.07) is -0.603. The third-order valence-corrected chi connectivity index (χ3v) is 2.08. The Morgan fingerprint density at radius 3 is 2.73 bits per heavy atom. The summed E-state index contributed by atoms with van der Waals surface area (Å²) in [6.07, 6.45) is 0. The molecule has 0 saturated carbocycles. The van der Waals surface area contributed by atoms with Crippen molar-refractivity contribution in [2.75, 3.05) is 46.9 Å². The van der Waals surface area contributed by atoms with Gasteiger partial charge in [-0.15, -0.1) is 0 Å². The molecule has 0 aromatic carbocycles. The SMILES string of the molecule is COCCN(C)CCNCC(N)C(N)=O. The first-order valence-electron chi connectivity index (χ1n) is 5.01. The smallest absolute Gasteiger partial charge is 0.235 e. The molecule has 1 atom stereocenters. The first-order valence-corrected chi connectivity index (χ1v) is 5.01. The van der Waals surface area contributed by atoms with Crippen LogP contribution in [0.2, 0.25) is 0 Å². The highest BCUT2D eigenvalue weighted by Crippen LogP contribution is 1.81. The average Bonchev–Trinajstić information content (AvgIpc) is 2.20.